The third kappa shape index (κ3) is 9.20. The van der Waals surface area contributed by atoms with Gasteiger partial charge in [-0.3, -0.25) is 4.79 Å². The average molecular weight is 587 g/mol. The smallest absolute Gasteiger partial charge is 0.405 e. The van der Waals surface area contributed by atoms with Gasteiger partial charge in [-0.05, 0) is 51.0 Å². The Morgan fingerprint density at radius 1 is 1.21 bits per heavy atom. The predicted octanol–water partition coefficient (Wildman–Crippen LogP) is 4.68. The number of hydrogen-bond acceptors (Lipinski definition) is 8. The topological polar surface area (TPSA) is 161 Å². The first-order valence-corrected chi connectivity index (χ1v) is 14.1. The van der Waals surface area contributed by atoms with Gasteiger partial charge >= 0.3 is 6.09 Å². The Morgan fingerprint density at radius 2 is 1.90 bits per heavy atom. The van der Waals surface area contributed by atoms with Crippen molar-refractivity contribution < 1.29 is 39.1 Å². The molecule has 2 rings (SSSR count). The highest BCUT2D eigenvalue weighted by atomic mass is 16.6. The van der Waals surface area contributed by atoms with Crippen LogP contribution < -0.4 is 11.1 Å². The Kier molecular flexibility index (Phi) is 13.3. The molecule has 6 N–H and O–H groups in total. The molecule has 10 heteroatoms. The molecule has 0 radical (unpaired) electrons. The summed E-state index contributed by atoms with van der Waals surface area (Å²) in [5, 5.41) is 36.1. The van der Waals surface area contributed by atoms with Crippen LogP contribution in [0.25, 0.3) is 0 Å². The number of nitrogens with two attached hydrogens (primary N) is 1. The Hall–Kier alpha value is -3.60. The van der Waals surface area contributed by atoms with Crippen molar-refractivity contribution in [3.05, 3.63) is 65.3 Å². The number of phenolic OH excluding ortho intramolecular Hbond substituents is 2. The SMILES string of the molecule is C=CCCc1c(O)cc2c(O)c1C[C@@H](C)C[C@H](OC)C(O)[C@@H](C)/C=C(\C)C(OC(N)=O)C(OC)/C=C\C=C(/C)C(=O)N2. The molecule has 1 heterocycles. The number of aliphatic hydroxyl groups is 1. The average Bonchev–Trinajstić information content (AvgIpc) is 2.94. The van der Waals surface area contributed by atoms with Gasteiger partial charge < -0.3 is 40.6 Å². The number of ether oxygens (including phenoxy) is 3. The summed E-state index contributed by atoms with van der Waals surface area (Å²) >= 11 is 0. The van der Waals surface area contributed by atoms with Gasteiger partial charge in [0.1, 0.15) is 17.6 Å². The Labute approximate surface area is 248 Å². The van der Waals surface area contributed by atoms with E-state index in [1.165, 1.54) is 20.3 Å². The van der Waals surface area contributed by atoms with Crippen LogP contribution >= 0.6 is 0 Å². The number of fused-ring (bicyclic) bond motifs is 2. The Morgan fingerprint density at radius 3 is 2.50 bits per heavy atom. The molecular formula is C32H46N2O8. The van der Waals surface area contributed by atoms with Gasteiger partial charge in [-0.2, -0.15) is 0 Å². The van der Waals surface area contributed by atoms with Gasteiger partial charge in [0.15, 0.2) is 6.10 Å². The van der Waals surface area contributed by atoms with Crippen molar-refractivity contribution in [2.45, 2.75) is 77.8 Å². The van der Waals surface area contributed by atoms with Gasteiger partial charge in [0.2, 0.25) is 0 Å². The number of primary amides is 1. The predicted molar refractivity (Wildman–Crippen MR) is 162 cm³/mol. The maximum absolute atomic E-state index is 13.0. The minimum absolute atomic E-state index is 0.0411. The van der Waals surface area contributed by atoms with E-state index < -0.39 is 42.3 Å². The first-order valence-electron chi connectivity index (χ1n) is 14.1. The molecule has 42 heavy (non-hydrogen) atoms. The molecular weight excluding hydrogens is 540 g/mol. The molecule has 10 nitrogen and oxygen atoms in total. The lowest BCUT2D eigenvalue weighted by Crippen LogP contribution is -2.37. The largest absolute Gasteiger partial charge is 0.508 e. The fourth-order valence-electron chi connectivity index (χ4n) is 5.20. The van der Waals surface area contributed by atoms with Gasteiger partial charge in [-0.25, -0.2) is 4.79 Å². The van der Waals surface area contributed by atoms with Crippen molar-refractivity contribution in [2.24, 2.45) is 17.6 Å². The summed E-state index contributed by atoms with van der Waals surface area (Å²) in [4.78, 5) is 24.8. The van der Waals surface area contributed by atoms with Crippen LogP contribution in [0, 0.1) is 11.8 Å². The first-order chi connectivity index (χ1) is 19.8. The second-order valence-electron chi connectivity index (χ2n) is 10.9. The van der Waals surface area contributed by atoms with Crippen LogP contribution in [-0.2, 0) is 31.8 Å². The summed E-state index contributed by atoms with van der Waals surface area (Å²) in [6.07, 6.45) is 5.97. The van der Waals surface area contributed by atoms with Gasteiger partial charge in [0, 0.05) is 42.9 Å². The molecule has 1 aromatic rings. The number of carbonyl (C=O) groups excluding carboxylic acids is 2. The minimum atomic E-state index is -0.984. The molecule has 0 aliphatic carbocycles. The van der Waals surface area contributed by atoms with Gasteiger partial charge in [-0.15, -0.1) is 6.58 Å². The Balaban J connectivity index is 2.67. The van der Waals surface area contributed by atoms with Crippen molar-refractivity contribution in [3.8, 4) is 11.5 Å². The van der Waals surface area contributed by atoms with Crippen LogP contribution in [0.4, 0.5) is 10.5 Å². The highest BCUT2D eigenvalue weighted by Gasteiger charge is 2.30. The van der Waals surface area contributed by atoms with E-state index >= 15 is 0 Å². The highest BCUT2D eigenvalue weighted by Crippen LogP contribution is 2.40. The number of aliphatic hydroxyl groups excluding tert-OH is 1. The minimum Gasteiger partial charge on any atom is -0.508 e. The molecule has 2 bridgehead atoms. The van der Waals surface area contributed by atoms with Gasteiger partial charge in [-0.1, -0.05) is 44.2 Å². The summed E-state index contributed by atoms with van der Waals surface area (Å²) in [6.45, 7) is 10.9. The van der Waals surface area contributed by atoms with Crippen molar-refractivity contribution in [1.82, 2.24) is 0 Å². The van der Waals surface area contributed by atoms with Gasteiger partial charge in [0.25, 0.3) is 5.91 Å². The second kappa shape index (κ2) is 16.1. The standard InChI is InChI=1S/C32H46N2O8/c1-8-9-12-22-23-14-18(2)15-27(41-7)28(36)20(4)16-21(5)30(42-32(33)39)26(40-6)13-10-11-19(3)31(38)34-24(29(23)37)17-25(22)35/h8,10-11,13,16-18,20,26-28,30,35-37H,1,9,12,14-15H2,2-7H3,(H2,33,39)(H,34,38)/b13-10-,19-11+,21-16+/t18-,20+,26?,27+,28?,30?/m1/s1. The van der Waals surface area contributed by atoms with E-state index in [-0.39, 0.29) is 23.1 Å². The zero-order chi connectivity index (χ0) is 31.6. The number of nitrogens with one attached hydrogen (secondary N) is 1. The second-order valence-corrected chi connectivity index (χ2v) is 10.9. The maximum atomic E-state index is 13.0. The number of carbonyl (C=O) groups is 2. The van der Waals surface area contributed by atoms with Crippen molar-refractivity contribution in [3.63, 3.8) is 0 Å². The number of aromatic hydroxyl groups is 2. The lowest BCUT2D eigenvalue weighted by atomic mass is 9.86. The van der Waals surface area contributed by atoms with E-state index in [1.54, 1.807) is 44.2 Å². The number of anilines is 1. The first kappa shape index (κ1) is 34.6. The van der Waals surface area contributed by atoms with Crippen LogP contribution in [0.1, 0.15) is 51.7 Å². The van der Waals surface area contributed by atoms with E-state index in [1.807, 2.05) is 13.8 Å². The molecule has 0 saturated heterocycles. The third-order valence-corrected chi connectivity index (χ3v) is 7.55. The molecule has 0 spiro atoms. The van der Waals surface area contributed by atoms with Crippen molar-refractivity contribution in [1.29, 1.82) is 0 Å². The number of amides is 2. The number of rotatable bonds is 6. The summed E-state index contributed by atoms with van der Waals surface area (Å²) in [7, 11) is 2.97. The van der Waals surface area contributed by atoms with E-state index in [2.05, 4.69) is 11.9 Å². The molecule has 1 aliphatic heterocycles. The number of benzene rings is 1. The molecule has 2 amide bonds. The molecule has 1 aromatic carbocycles. The number of allylic oxidation sites excluding steroid dienone is 3. The van der Waals surface area contributed by atoms with Crippen LogP contribution in [0.2, 0.25) is 0 Å². The fraction of sp³-hybridized carbons (Fsp3) is 0.500. The lowest BCUT2D eigenvalue weighted by molar-refractivity contribution is -0.112. The van der Waals surface area contributed by atoms with Crippen LogP contribution in [-0.4, -0.2) is 66.0 Å². The molecule has 6 atom stereocenters. The quantitative estimate of drug-likeness (QED) is 0.182. The Bertz CT molecular complexity index is 1210. The molecule has 1 aliphatic rings. The van der Waals surface area contributed by atoms with Crippen LogP contribution in [0.15, 0.2) is 54.2 Å². The number of phenols is 2. The maximum Gasteiger partial charge on any atom is 0.405 e. The molecule has 0 aromatic heterocycles. The van der Waals surface area contributed by atoms with Gasteiger partial charge in [0.05, 0.1) is 17.9 Å². The van der Waals surface area contributed by atoms with Crippen LogP contribution in [0.5, 0.6) is 11.5 Å². The number of hydrogen-bond donors (Lipinski definition) is 5. The van der Waals surface area contributed by atoms with E-state index in [9.17, 15) is 24.9 Å². The fourth-order valence-corrected chi connectivity index (χ4v) is 5.20. The number of methoxy groups -OCH3 is 2. The highest BCUT2D eigenvalue weighted by molar-refractivity contribution is 6.04. The zero-order valence-electron chi connectivity index (χ0n) is 25.4. The molecule has 3 unspecified atom stereocenters. The lowest BCUT2D eigenvalue weighted by Gasteiger charge is -2.29. The summed E-state index contributed by atoms with van der Waals surface area (Å²) in [6, 6.07) is 1.34. The summed E-state index contributed by atoms with van der Waals surface area (Å²) < 4.78 is 16.6. The molecule has 0 fully saturated rings. The molecule has 0 saturated carbocycles. The normalized spacial score (nSPS) is 29.4. The van der Waals surface area contributed by atoms with E-state index in [0.717, 1.165) is 0 Å². The van der Waals surface area contributed by atoms with E-state index in [0.29, 0.717) is 48.0 Å². The van der Waals surface area contributed by atoms with Crippen molar-refractivity contribution >= 4 is 17.7 Å². The monoisotopic (exact) mass is 586 g/mol. The van der Waals surface area contributed by atoms with Crippen LogP contribution in [0.3, 0.4) is 0 Å². The zero-order valence-corrected chi connectivity index (χ0v) is 25.4. The van der Waals surface area contributed by atoms with Crippen molar-refractivity contribution in [2.75, 3.05) is 19.5 Å². The van der Waals surface area contributed by atoms with E-state index in [4.69, 9.17) is 19.9 Å². The summed E-state index contributed by atoms with van der Waals surface area (Å²) in [5.41, 5.74) is 7.44. The molecule has 232 valence electrons. The summed E-state index contributed by atoms with van der Waals surface area (Å²) in [5.74, 6) is -1.16. The third-order valence-electron chi connectivity index (χ3n) is 7.55.